The van der Waals surface area contributed by atoms with Crippen molar-refractivity contribution in [2.24, 2.45) is 0 Å². The summed E-state index contributed by atoms with van der Waals surface area (Å²) in [6.45, 7) is 0.196. The molecule has 132 valence electrons. The molecule has 0 saturated carbocycles. The van der Waals surface area contributed by atoms with Crippen LogP contribution in [0.5, 0.6) is 5.75 Å². The minimum atomic E-state index is -0.204. The fourth-order valence-corrected chi connectivity index (χ4v) is 2.39. The number of likely N-dealkylation sites (N-methyl/N-ethyl adjacent to an activating group) is 1. The highest BCUT2D eigenvalue weighted by atomic mass is 35.5. The predicted molar refractivity (Wildman–Crippen MR) is 99.4 cm³/mol. The summed E-state index contributed by atoms with van der Waals surface area (Å²) in [5, 5.41) is 6.20. The van der Waals surface area contributed by atoms with E-state index < -0.39 is 0 Å². The van der Waals surface area contributed by atoms with E-state index in [1.165, 1.54) is 0 Å². The van der Waals surface area contributed by atoms with Gasteiger partial charge in [0.2, 0.25) is 11.8 Å². The molecule has 0 aromatic heterocycles. The van der Waals surface area contributed by atoms with Gasteiger partial charge in [-0.1, -0.05) is 41.4 Å². The van der Waals surface area contributed by atoms with Crippen molar-refractivity contribution < 1.29 is 14.3 Å². The van der Waals surface area contributed by atoms with Gasteiger partial charge in [0.15, 0.2) is 0 Å². The summed E-state index contributed by atoms with van der Waals surface area (Å²) in [5.41, 5.74) is 1.37. The summed E-state index contributed by atoms with van der Waals surface area (Å²) >= 11 is 11.7. The van der Waals surface area contributed by atoms with Crippen molar-refractivity contribution in [3.05, 3.63) is 58.1 Å². The number of rotatable bonds is 7. The summed E-state index contributed by atoms with van der Waals surface area (Å²) in [6, 6.07) is 12.1. The van der Waals surface area contributed by atoms with Crippen LogP contribution in [0.2, 0.25) is 10.0 Å². The number of carbonyl (C=O) groups is 2. The van der Waals surface area contributed by atoms with Crippen LogP contribution >= 0.6 is 23.2 Å². The first kappa shape index (κ1) is 19.1. The van der Waals surface area contributed by atoms with Crippen molar-refractivity contribution in [2.75, 3.05) is 19.0 Å². The quantitative estimate of drug-likeness (QED) is 0.769. The van der Waals surface area contributed by atoms with Crippen LogP contribution in [-0.4, -0.2) is 25.5 Å². The van der Waals surface area contributed by atoms with Crippen molar-refractivity contribution in [2.45, 2.75) is 12.8 Å². The Labute approximate surface area is 156 Å². The lowest BCUT2D eigenvalue weighted by Crippen LogP contribution is -2.21. The highest BCUT2D eigenvalue weighted by Crippen LogP contribution is 2.26. The Hall–Kier alpha value is -2.24. The van der Waals surface area contributed by atoms with Crippen LogP contribution in [-0.2, 0) is 16.0 Å². The van der Waals surface area contributed by atoms with Gasteiger partial charge in [-0.3, -0.25) is 9.59 Å². The molecule has 0 radical (unpaired) electrons. The van der Waals surface area contributed by atoms with Gasteiger partial charge in [-0.2, -0.15) is 0 Å². The Morgan fingerprint density at radius 2 is 1.80 bits per heavy atom. The van der Waals surface area contributed by atoms with Gasteiger partial charge in [0.05, 0.1) is 29.5 Å². The van der Waals surface area contributed by atoms with Crippen LogP contribution in [0.15, 0.2) is 42.5 Å². The van der Waals surface area contributed by atoms with E-state index in [1.807, 2.05) is 6.07 Å². The van der Waals surface area contributed by atoms with Crippen LogP contribution in [0.1, 0.15) is 12.0 Å². The molecular weight excluding hydrogens is 363 g/mol. The van der Waals surface area contributed by atoms with Gasteiger partial charge in [-0.05, 0) is 23.8 Å². The van der Waals surface area contributed by atoms with Crippen LogP contribution in [0.25, 0.3) is 0 Å². The Morgan fingerprint density at radius 3 is 2.52 bits per heavy atom. The van der Waals surface area contributed by atoms with Crippen molar-refractivity contribution in [3.8, 4) is 5.75 Å². The average Bonchev–Trinajstić information content (AvgIpc) is 2.59. The molecule has 0 saturated heterocycles. The third kappa shape index (κ3) is 5.96. The number of hydrogen-bond donors (Lipinski definition) is 2. The fraction of sp³-hybridized carbons (Fsp3) is 0.222. The molecule has 2 aromatic carbocycles. The number of ether oxygens (including phenoxy) is 1. The molecule has 2 rings (SSSR count). The van der Waals surface area contributed by atoms with E-state index >= 15 is 0 Å². The van der Waals surface area contributed by atoms with E-state index in [9.17, 15) is 9.59 Å². The lowest BCUT2D eigenvalue weighted by atomic mass is 10.1. The van der Waals surface area contributed by atoms with E-state index in [-0.39, 0.29) is 31.3 Å². The molecule has 0 aliphatic heterocycles. The number of hydrogen-bond acceptors (Lipinski definition) is 3. The Bertz CT molecular complexity index is 766. The summed E-state index contributed by atoms with van der Waals surface area (Å²) < 4.78 is 5.49. The minimum absolute atomic E-state index is 0.121. The number of amides is 2. The first-order chi connectivity index (χ1) is 12.0. The summed E-state index contributed by atoms with van der Waals surface area (Å²) in [6.07, 6.45) is 0.362. The van der Waals surface area contributed by atoms with E-state index in [2.05, 4.69) is 10.6 Å². The topological polar surface area (TPSA) is 67.4 Å². The Morgan fingerprint density at radius 1 is 1.04 bits per heavy atom. The fourth-order valence-electron chi connectivity index (χ4n) is 2.10. The number of nitrogens with one attached hydrogen (secondary N) is 2. The van der Waals surface area contributed by atoms with Gasteiger partial charge in [-0.15, -0.1) is 0 Å². The SMILES string of the molecule is CNC(=O)Cc1ccccc1NC(=O)CCOc1ccc(Cl)c(Cl)c1. The summed E-state index contributed by atoms with van der Waals surface area (Å²) in [7, 11) is 1.57. The molecule has 5 nitrogen and oxygen atoms in total. The lowest BCUT2D eigenvalue weighted by molar-refractivity contribution is -0.120. The maximum absolute atomic E-state index is 12.1. The third-order valence-corrected chi connectivity index (χ3v) is 4.15. The van der Waals surface area contributed by atoms with Crippen molar-refractivity contribution in [3.63, 3.8) is 0 Å². The zero-order valence-corrected chi connectivity index (χ0v) is 15.2. The second kappa shape index (κ2) is 9.30. The summed E-state index contributed by atoms with van der Waals surface area (Å²) in [4.78, 5) is 23.6. The highest BCUT2D eigenvalue weighted by Gasteiger charge is 2.10. The molecule has 0 spiro atoms. The van der Waals surface area contributed by atoms with Crippen molar-refractivity contribution in [1.29, 1.82) is 0 Å². The molecule has 2 N–H and O–H groups in total. The van der Waals surface area contributed by atoms with Crippen LogP contribution in [0, 0.1) is 0 Å². The highest BCUT2D eigenvalue weighted by molar-refractivity contribution is 6.42. The maximum atomic E-state index is 12.1. The van der Waals surface area contributed by atoms with Gasteiger partial charge in [0.25, 0.3) is 0 Å². The molecule has 0 bridgehead atoms. The first-order valence-corrected chi connectivity index (χ1v) is 8.41. The molecule has 7 heteroatoms. The smallest absolute Gasteiger partial charge is 0.227 e. The molecular formula is C18H18Cl2N2O3. The predicted octanol–water partition coefficient (Wildman–Crippen LogP) is 3.69. The number of carbonyl (C=O) groups excluding carboxylic acids is 2. The first-order valence-electron chi connectivity index (χ1n) is 7.66. The second-order valence-corrected chi connectivity index (χ2v) is 6.04. The van der Waals surface area contributed by atoms with E-state index in [4.69, 9.17) is 27.9 Å². The molecule has 2 amide bonds. The van der Waals surface area contributed by atoms with Crippen LogP contribution in [0.4, 0.5) is 5.69 Å². The third-order valence-electron chi connectivity index (χ3n) is 3.41. The number of anilines is 1. The molecule has 0 aliphatic carbocycles. The monoisotopic (exact) mass is 380 g/mol. The molecule has 0 aliphatic rings. The van der Waals surface area contributed by atoms with E-state index in [1.54, 1.807) is 43.4 Å². The number of halogens is 2. The zero-order chi connectivity index (χ0) is 18.2. The Balaban J connectivity index is 1.88. The molecule has 2 aromatic rings. The summed E-state index contributed by atoms with van der Waals surface area (Å²) in [5.74, 6) is 0.219. The van der Waals surface area contributed by atoms with E-state index in [0.29, 0.717) is 21.5 Å². The molecule has 0 heterocycles. The molecule has 0 fully saturated rings. The molecule has 25 heavy (non-hydrogen) atoms. The zero-order valence-electron chi connectivity index (χ0n) is 13.6. The minimum Gasteiger partial charge on any atom is -0.493 e. The van der Waals surface area contributed by atoms with Gasteiger partial charge in [-0.25, -0.2) is 0 Å². The largest absolute Gasteiger partial charge is 0.493 e. The standard InChI is InChI=1S/C18H18Cl2N2O3/c1-21-18(24)10-12-4-2-3-5-16(12)22-17(23)8-9-25-13-6-7-14(19)15(20)11-13/h2-7,11H,8-10H2,1H3,(H,21,24)(H,22,23). The van der Waals surface area contributed by atoms with Crippen LogP contribution in [0.3, 0.4) is 0 Å². The maximum Gasteiger partial charge on any atom is 0.227 e. The van der Waals surface area contributed by atoms with Gasteiger partial charge in [0.1, 0.15) is 5.75 Å². The van der Waals surface area contributed by atoms with Crippen molar-refractivity contribution >= 4 is 40.7 Å². The Kier molecular flexibility index (Phi) is 7.10. The van der Waals surface area contributed by atoms with Crippen LogP contribution < -0.4 is 15.4 Å². The van der Waals surface area contributed by atoms with E-state index in [0.717, 1.165) is 5.56 Å². The van der Waals surface area contributed by atoms with Gasteiger partial charge in [0, 0.05) is 18.8 Å². The second-order valence-electron chi connectivity index (χ2n) is 5.23. The molecule has 0 atom stereocenters. The van der Waals surface area contributed by atoms with Crippen molar-refractivity contribution in [1.82, 2.24) is 5.32 Å². The number of benzene rings is 2. The average molecular weight is 381 g/mol. The molecule has 0 unspecified atom stereocenters. The van der Waals surface area contributed by atoms with Gasteiger partial charge >= 0.3 is 0 Å². The normalized spacial score (nSPS) is 10.2. The lowest BCUT2D eigenvalue weighted by Gasteiger charge is -2.11. The number of para-hydroxylation sites is 1. The van der Waals surface area contributed by atoms with Gasteiger partial charge < -0.3 is 15.4 Å².